The van der Waals surface area contributed by atoms with E-state index in [0.29, 0.717) is 5.56 Å². The van der Waals surface area contributed by atoms with E-state index in [9.17, 15) is 19.7 Å². The highest BCUT2D eigenvalue weighted by atomic mass is 16.6. The Kier molecular flexibility index (Phi) is 6.02. The molecular weight excluding hydrogens is 492 g/mol. The van der Waals surface area contributed by atoms with Crippen LogP contribution >= 0.6 is 0 Å². The van der Waals surface area contributed by atoms with Crippen LogP contribution in [-0.2, 0) is 4.79 Å². The summed E-state index contributed by atoms with van der Waals surface area (Å²) in [6.07, 6.45) is 3.60. The molecule has 0 bridgehead atoms. The molecule has 8 heteroatoms. The molecule has 2 aliphatic rings. The number of nitro benzene ring substituents is 1. The van der Waals surface area contributed by atoms with Gasteiger partial charge in [0.25, 0.3) is 11.6 Å². The average molecular weight is 521 g/mol. The first kappa shape index (κ1) is 24.6. The Hall–Kier alpha value is -4.72. The summed E-state index contributed by atoms with van der Waals surface area (Å²) in [6, 6.07) is 24.0. The Bertz CT molecular complexity index is 1620. The minimum Gasteiger partial charge on any atom is -0.326 e. The predicted molar refractivity (Wildman–Crippen MR) is 148 cm³/mol. The highest BCUT2D eigenvalue weighted by Gasteiger charge is 2.40. The number of hydrogen-bond acceptors (Lipinski definition) is 4. The monoisotopic (exact) mass is 520 g/mol. The number of aryl methyl sites for hydroxylation is 2. The largest absolute Gasteiger partial charge is 0.326 e. The van der Waals surface area contributed by atoms with E-state index in [0.717, 1.165) is 41.0 Å². The molecular formula is C31H28N4O4. The maximum absolute atomic E-state index is 14.3. The number of hydrogen-bond donors (Lipinski definition) is 0. The van der Waals surface area contributed by atoms with Crippen LogP contribution in [0.25, 0.3) is 5.69 Å². The number of fused-ring (bicyclic) bond motifs is 3. The Morgan fingerprint density at radius 1 is 0.949 bits per heavy atom. The number of carbonyl (C=O) groups excluding carboxylic acids is 2. The molecule has 0 saturated heterocycles. The van der Waals surface area contributed by atoms with Crippen LogP contribution in [0.1, 0.15) is 51.6 Å². The fraction of sp³-hybridized carbons (Fsp3) is 0.226. The normalized spacial score (nSPS) is 15.8. The lowest BCUT2D eigenvalue weighted by atomic mass is 9.96. The first-order valence-electron chi connectivity index (χ1n) is 13.0. The standard InChI is InChI=1S/C31H28N4O4/c1-20-7-5-8-22(17-20)30-27-11-6-16-32(27)25-9-3-4-10-26(25)34(30)29(36)19-33(24-14-15-24)31(37)23-13-12-21(2)28(18-23)35(38)39/h3-13,16-18,24,30H,14-15,19H2,1-2H3. The number of nitrogens with zero attached hydrogens (tertiary/aromatic N) is 4. The summed E-state index contributed by atoms with van der Waals surface area (Å²) in [7, 11) is 0. The third-order valence-corrected chi connectivity index (χ3v) is 7.55. The fourth-order valence-corrected chi connectivity index (χ4v) is 5.50. The van der Waals surface area contributed by atoms with Crippen molar-refractivity contribution in [1.29, 1.82) is 0 Å². The molecule has 8 nitrogen and oxygen atoms in total. The predicted octanol–water partition coefficient (Wildman–Crippen LogP) is 5.74. The molecule has 0 radical (unpaired) electrons. The molecule has 1 aromatic heterocycles. The molecule has 1 unspecified atom stereocenters. The molecule has 39 heavy (non-hydrogen) atoms. The van der Waals surface area contributed by atoms with Crippen LogP contribution in [0.15, 0.2) is 85.1 Å². The minimum absolute atomic E-state index is 0.0666. The summed E-state index contributed by atoms with van der Waals surface area (Å²) in [5, 5.41) is 11.5. The summed E-state index contributed by atoms with van der Waals surface area (Å²) in [6.45, 7) is 3.55. The van der Waals surface area contributed by atoms with Crippen molar-refractivity contribution in [3.8, 4) is 5.69 Å². The zero-order valence-corrected chi connectivity index (χ0v) is 21.8. The molecule has 2 amide bonds. The molecule has 0 spiro atoms. The van der Waals surface area contributed by atoms with Crippen molar-refractivity contribution in [3.63, 3.8) is 0 Å². The molecule has 2 heterocycles. The number of nitro groups is 1. The molecule has 4 aromatic rings. The topological polar surface area (TPSA) is 88.7 Å². The van der Waals surface area contributed by atoms with Crippen molar-refractivity contribution in [2.24, 2.45) is 0 Å². The van der Waals surface area contributed by atoms with Crippen LogP contribution < -0.4 is 4.90 Å². The molecule has 1 fully saturated rings. The van der Waals surface area contributed by atoms with Crippen molar-refractivity contribution in [1.82, 2.24) is 9.47 Å². The van der Waals surface area contributed by atoms with Crippen molar-refractivity contribution in [3.05, 3.63) is 123 Å². The van der Waals surface area contributed by atoms with Gasteiger partial charge < -0.3 is 9.47 Å². The molecule has 1 aliphatic heterocycles. The van der Waals surface area contributed by atoms with E-state index in [1.54, 1.807) is 28.9 Å². The number of benzene rings is 3. The quantitative estimate of drug-likeness (QED) is 0.239. The van der Waals surface area contributed by atoms with Gasteiger partial charge in [-0.15, -0.1) is 0 Å². The Morgan fingerprint density at radius 3 is 2.44 bits per heavy atom. The summed E-state index contributed by atoms with van der Waals surface area (Å²) >= 11 is 0. The number of aromatic nitrogens is 1. The summed E-state index contributed by atoms with van der Waals surface area (Å²) in [5.41, 5.74) is 5.30. The lowest BCUT2D eigenvalue weighted by Gasteiger charge is -2.39. The van der Waals surface area contributed by atoms with E-state index >= 15 is 0 Å². The van der Waals surface area contributed by atoms with Gasteiger partial charge >= 0.3 is 0 Å². The highest BCUT2D eigenvalue weighted by molar-refractivity contribution is 6.03. The summed E-state index contributed by atoms with van der Waals surface area (Å²) in [5.74, 6) is -0.571. The maximum Gasteiger partial charge on any atom is 0.273 e. The van der Waals surface area contributed by atoms with Crippen LogP contribution in [0.3, 0.4) is 0 Å². The molecule has 6 rings (SSSR count). The number of carbonyl (C=O) groups is 2. The van der Waals surface area contributed by atoms with Crippen molar-refractivity contribution in [2.75, 3.05) is 11.4 Å². The van der Waals surface area contributed by atoms with Crippen LogP contribution in [0.2, 0.25) is 0 Å². The molecule has 196 valence electrons. The van der Waals surface area contributed by atoms with Gasteiger partial charge in [-0.25, -0.2) is 0 Å². The van der Waals surface area contributed by atoms with Crippen LogP contribution in [-0.4, -0.2) is 38.8 Å². The Labute approximate surface area is 226 Å². The lowest BCUT2D eigenvalue weighted by Crippen LogP contribution is -2.47. The van der Waals surface area contributed by atoms with Crippen LogP contribution in [0.5, 0.6) is 0 Å². The second-order valence-electron chi connectivity index (χ2n) is 10.3. The third-order valence-electron chi connectivity index (χ3n) is 7.55. The minimum atomic E-state index is -0.481. The van der Waals surface area contributed by atoms with Gasteiger partial charge in [0.05, 0.1) is 22.0 Å². The van der Waals surface area contributed by atoms with Gasteiger partial charge in [0, 0.05) is 29.4 Å². The second-order valence-corrected chi connectivity index (χ2v) is 10.3. The first-order chi connectivity index (χ1) is 18.8. The van der Waals surface area contributed by atoms with Crippen molar-refractivity contribution in [2.45, 2.75) is 38.8 Å². The summed E-state index contributed by atoms with van der Waals surface area (Å²) in [4.78, 5) is 42.4. The third kappa shape index (κ3) is 4.37. The average Bonchev–Trinajstić information content (AvgIpc) is 3.65. The smallest absolute Gasteiger partial charge is 0.273 e. The van der Waals surface area contributed by atoms with Gasteiger partial charge in [-0.2, -0.15) is 0 Å². The van der Waals surface area contributed by atoms with Crippen LogP contribution in [0.4, 0.5) is 11.4 Å². The Balaban J connectivity index is 1.40. The first-order valence-corrected chi connectivity index (χ1v) is 13.0. The van der Waals surface area contributed by atoms with Gasteiger partial charge in [0.15, 0.2) is 0 Å². The van der Waals surface area contributed by atoms with E-state index in [4.69, 9.17) is 0 Å². The van der Waals surface area contributed by atoms with Crippen molar-refractivity contribution < 1.29 is 14.5 Å². The fourth-order valence-electron chi connectivity index (χ4n) is 5.50. The van der Waals surface area contributed by atoms with E-state index < -0.39 is 4.92 Å². The van der Waals surface area contributed by atoms with E-state index in [1.807, 2.05) is 67.7 Å². The van der Waals surface area contributed by atoms with Gasteiger partial charge in [-0.3, -0.25) is 24.6 Å². The van der Waals surface area contributed by atoms with Gasteiger partial charge in [0.2, 0.25) is 5.91 Å². The maximum atomic E-state index is 14.3. The van der Waals surface area contributed by atoms with Gasteiger partial charge in [-0.05, 0) is 62.6 Å². The number of amides is 2. The Morgan fingerprint density at radius 2 is 1.72 bits per heavy atom. The summed E-state index contributed by atoms with van der Waals surface area (Å²) < 4.78 is 2.11. The van der Waals surface area contributed by atoms with E-state index in [2.05, 4.69) is 10.6 Å². The molecule has 1 atom stereocenters. The SMILES string of the molecule is Cc1cccc(C2c3cccn3-c3ccccc3N2C(=O)CN(C(=O)c2ccc(C)c([N+](=O)[O-])c2)C2CC2)c1. The molecule has 1 saturated carbocycles. The van der Waals surface area contributed by atoms with Crippen LogP contribution in [0, 0.1) is 24.0 Å². The second kappa shape index (κ2) is 9.54. The molecule has 0 N–H and O–H groups in total. The number of rotatable bonds is 6. The molecule has 3 aromatic carbocycles. The van der Waals surface area contributed by atoms with Gasteiger partial charge in [0.1, 0.15) is 12.6 Å². The van der Waals surface area contributed by atoms with E-state index in [1.165, 1.54) is 6.07 Å². The van der Waals surface area contributed by atoms with Gasteiger partial charge in [-0.1, -0.05) is 48.0 Å². The number of para-hydroxylation sites is 2. The zero-order chi connectivity index (χ0) is 27.3. The lowest BCUT2D eigenvalue weighted by molar-refractivity contribution is -0.385. The number of anilines is 1. The van der Waals surface area contributed by atoms with E-state index in [-0.39, 0.29) is 41.7 Å². The van der Waals surface area contributed by atoms with Crippen molar-refractivity contribution >= 4 is 23.2 Å². The highest BCUT2D eigenvalue weighted by Crippen LogP contribution is 2.43. The molecule has 1 aliphatic carbocycles. The zero-order valence-electron chi connectivity index (χ0n) is 21.8.